The number of pyridine rings is 1. The maximum absolute atomic E-state index is 13.6. The molecule has 0 bridgehead atoms. The SMILES string of the molecule is COc1cc2cc(C(c3nnnn3C3CCCCC3)N3CCc4ccccc43)c(=O)[nH]c2cc1OC. The Balaban J connectivity index is 1.54. The lowest BCUT2D eigenvalue weighted by Crippen LogP contribution is -2.35. The topological polar surface area (TPSA) is 98.2 Å². The highest BCUT2D eigenvalue weighted by Crippen LogP contribution is 2.40. The molecular formula is C27H30N6O3. The van der Waals surface area contributed by atoms with E-state index in [1.54, 1.807) is 20.3 Å². The number of rotatable bonds is 6. The Morgan fingerprint density at radius 1 is 1.03 bits per heavy atom. The van der Waals surface area contributed by atoms with Crippen LogP contribution in [0.3, 0.4) is 0 Å². The van der Waals surface area contributed by atoms with Gasteiger partial charge in [-0.25, -0.2) is 4.68 Å². The largest absolute Gasteiger partial charge is 0.493 e. The van der Waals surface area contributed by atoms with Crippen molar-refractivity contribution in [2.75, 3.05) is 25.7 Å². The Bertz CT molecular complexity index is 1460. The predicted octanol–water partition coefficient (Wildman–Crippen LogP) is 4.19. The van der Waals surface area contributed by atoms with Crippen LogP contribution in [0.2, 0.25) is 0 Å². The van der Waals surface area contributed by atoms with Crippen molar-refractivity contribution < 1.29 is 9.47 Å². The molecule has 9 heteroatoms. The molecule has 4 aromatic rings. The first kappa shape index (κ1) is 22.6. The normalized spacial score (nSPS) is 16.8. The van der Waals surface area contributed by atoms with Gasteiger partial charge >= 0.3 is 0 Å². The van der Waals surface area contributed by atoms with Gasteiger partial charge in [0, 0.05) is 29.2 Å². The number of anilines is 1. The number of fused-ring (bicyclic) bond motifs is 2. The summed E-state index contributed by atoms with van der Waals surface area (Å²) in [6.45, 7) is 0.783. The van der Waals surface area contributed by atoms with Crippen LogP contribution in [0.5, 0.6) is 11.5 Å². The lowest BCUT2D eigenvalue weighted by Gasteiger charge is -2.31. The minimum Gasteiger partial charge on any atom is -0.493 e. The van der Waals surface area contributed by atoms with Crippen molar-refractivity contribution in [3.8, 4) is 11.5 Å². The average molecular weight is 487 g/mol. The van der Waals surface area contributed by atoms with E-state index in [9.17, 15) is 4.79 Å². The minimum atomic E-state index is -0.424. The molecule has 2 aromatic carbocycles. The number of hydrogen-bond donors (Lipinski definition) is 1. The summed E-state index contributed by atoms with van der Waals surface area (Å²) < 4.78 is 12.9. The van der Waals surface area contributed by atoms with Crippen molar-refractivity contribution in [1.29, 1.82) is 0 Å². The first-order valence-corrected chi connectivity index (χ1v) is 12.6. The van der Waals surface area contributed by atoms with Crippen LogP contribution in [0.4, 0.5) is 5.69 Å². The molecule has 1 N–H and O–H groups in total. The van der Waals surface area contributed by atoms with Crippen LogP contribution in [0.1, 0.15) is 61.1 Å². The molecule has 0 spiro atoms. The molecule has 0 radical (unpaired) electrons. The lowest BCUT2D eigenvalue weighted by molar-refractivity contribution is 0.313. The van der Waals surface area contributed by atoms with E-state index in [0.29, 0.717) is 28.4 Å². The van der Waals surface area contributed by atoms with Crippen LogP contribution in [0.15, 0.2) is 47.3 Å². The van der Waals surface area contributed by atoms with E-state index in [4.69, 9.17) is 9.47 Å². The summed E-state index contributed by atoms with van der Waals surface area (Å²) in [6, 6.07) is 13.8. The van der Waals surface area contributed by atoms with Crippen molar-refractivity contribution in [1.82, 2.24) is 25.2 Å². The first-order valence-electron chi connectivity index (χ1n) is 12.6. The Labute approximate surface area is 209 Å². The number of tetrazole rings is 1. The van der Waals surface area contributed by atoms with Gasteiger partial charge in [-0.05, 0) is 53.5 Å². The molecule has 0 saturated heterocycles. The van der Waals surface area contributed by atoms with Crippen molar-refractivity contribution >= 4 is 16.6 Å². The Morgan fingerprint density at radius 2 is 1.81 bits per heavy atom. The maximum atomic E-state index is 13.6. The van der Waals surface area contributed by atoms with Gasteiger partial charge in [-0.2, -0.15) is 0 Å². The third-order valence-electron chi connectivity index (χ3n) is 7.59. The van der Waals surface area contributed by atoms with Crippen LogP contribution in [-0.4, -0.2) is 46.0 Å². The monoisotopic (exact) mass is 486 g/mol. The summed E-state index contributed by atoms with van der Waals surface area (Å²) in [4.78, 5) is 19.0. The van der Waals surface area contributed by atoms with Crippen molar-refractivity contribution in [2.45, 2.75) is 50.6 Å². The predicted molar refractivity (Wildman–Crippen MR) is 137 cm³/mol. The zero-order valence-corrected chi connectivity index (χ0v) is 20.6. The van der Waals surface area contributed by atoms with Crippen molar-refractivity contribution in [3.63, 3.8) is 0 Å². The molecule has 2 aromatic heterocycles. The van der Waals surface area contributed by atoms with E-state index in [0.717, 1.165) is 36.9 Å². The lowest BCUT2D eigenvalue weighted by atomic mass is 9.95. The Hall–Kier alpha value is -3.88. The number of hydrogen-bond acceptors (Lipinski definition) is 7. The van der Waals surface area contributed by atoms with Gasteiger partial charge in [0.2, 0.25) is 0 Å². The van der Waals surface area contributed by atoms with Crippen LogP contribution in [-0.2, 0) is 6.42 Å². The Morgan fingerprint density at radius 3 is 2.61 bits per heavy atom. The summed E-state index contributed by atoms with van der Waals surface area (Å²) in [6.07, 6.45) is 6.58. The van der Waals surface area contributed by atoms with E-state index >= 15 is 0 Å². The molecule has 1 atom stereocenters. The smallest absolute Gasteiger partial charge is 0.254 e. The third kappa shape index (κ3) is 3.79. The molecule has 1 aliphatic carbocycles. The quantitative estimate of drug-likeness (QED) is 0.436. The van der Waals surface area contributed by atoms with Crippen LogP contribution in [0.25, 0.3) is 10.9 Å². The van der Waals surface area contributed by atoms with Crippen LogP contribution >= 0.6 is 0 Å². The molecule has 3 heterocycles. The highest BCUT2D eigenvalue weighted by Gasteiger charge is 2.35. The molecule has 1 fully saturated rings. The summed E-state index contributed by atoms with van der Waals surface area (Å²) >= 11 is 0. The number of para-hydroxylation sites is 1. The van der Waals surface area contributed by atoms with Gasteiger partial charge in [0.15, 0.2) is 17.3 Å². The van der Waals surface area contributed by atoms with Crippen LogP contribution < -0.4 is 19.9 Å². The van der Waals surface area contributed by atoms with Gasteiger partial charge in [-0.3, -0.25) is 4.79 Å². The second-order valence-electron chi connectivity index (χ2n) is 9.60. The molecule has 1 unspecified atom stereocenters. The van der Waals surface area contributed by atoms with Gasteiger partial charge in [-0.1, -0.05) is 37.5 Å². The fourth-order valence-electron chi connectivity index (χ4n) is 5.80. The molecule has 0 amide bonds. The van der Waals surface area contributed by atoms with Gasteiger partial charge in [0.1, 0.15) is 6.04 Å². The molecule has 9 nitrogen and oxygen atoms in total. The minimum absolute atomic E-state index is 0.165. The highest BCUT2D eigenvalue weighted by atomic mass is 16.5. The first-order chi connectivity index (χ1) is 17.7. The molecule has 6 rings (SSSR count). The molecular weight excluding hydrogens is 456 g/mol. The second-order valence-corrected chi connectivity index (χ2v) is 9.60. The zero-order chi connectivity index (χ0) is 24.6. The van der Waals surface area contributed by atoms with Gasteiger partial charge in [0.05, 0.1) is 25.8 Å². The number of benzene rings is 2. The van der Waals surface area contributed by atoms with E-state index in [1.807, 2.05) is 22.9 Å². The molecule has 2 aliphatic rings. The summed E-state index contributed by atoms with van der Waals surface area (Å²) in [7, 11) is 3.20. The fourth-order valence-corrected chi connectivity index (χ4v) is 5.80. The second kappa shape index (κ2) is 9.29. The maximum Gasteiger partial charge on any atom is 0.254 e. The van der Waals surface area contributed by atoms with Crippen molar-refractivity contribution in [2.24, 2.45) is 0 Å². The summed E-state index contributed by atoms with van der Waals surface area (Å²) in [5.74, 6) is 1.89. The molecule has 36 heavy (non-hydrogen) atoms. The number of aromatic amines is 1. The number of nitrogens with zero attached hydrogens (tertiary/aromatic N) is 5. The van der Waals surface area contributed by atoms with Crippen LogP contribution in [0, 0.1) is 0 Å². The third-order valence-corrected chi connectivity index (χ3v) is 7.59. The van der Waals surface area contributed by atoms with E-state index in [1.165, 1.54) is 24.8 Å². The number of H-pyrrole nitrogens is 1. The standard InChI is InChI=1S/C27H30N6O3/c1-35-23-15-18-14-20(27(34)28-21(18)16-24(23)36-2)25(32-13-12-17-8-6-7-11-22(17)32)26-29-30-31-33(26)19-9-4-3-5-10-19/h6-8,11,14-16,19,25H,3-5,9-10,12-13H2,1-2H3,(H,28,34). The number of aromatic nitrogens is 5. The van der Waals surface area contributed by atoms with E-state index in [2.05, 4.69) is 43.6 Å². The number of nitrogens with one attached hydrogen (secondary N) is 1. The summed E-state index contributed by atoms with van der Waals surface area (Å²) in [5, 5.41) is 13.9. The van der Waals surface area contributed by atoms with Gasteiger partial charge < -0.3 is 19.4 Å². The molecule has 1 aliphatic heterocycles. The zero-order valence-electron chi connectivity index (χ0n) is 20.6. The average Bonchev–Trinajstić information content (AvgIpc) is 3.57. The van der Waals surface area contributed by atoms with Gasteiger partial charge in [-0.15, -0.1) is 5.10 Å². The molecule has 186 valence electrons. The van der Waals surface area contributed by atoms with Crippen molar-refractivity contribution in [3.05, 3.63) is 69.8 Å². The van der Waals surface area contributed by atoms with Gasteiger partial charge in [0.25, 0.3) is 5.56 Å². The highest BCUT2D eigenvalue weighted by molar-refractivity contribution is 5.83. The fraction of sp³-hybridized carbons (Fsp3) is 0.407. The van der Waals surface area contributed by atoms with E-state index in [-0.39, 0.29) is 11.6 Å². The summed E-state index contributed by atoms with van der Waals surface area (Å²) in [5.41, 5.74) is 3.52. The Kier molecular flexibility index (Phi) is 5.83. The molecule has 1 saturated carbocycles. The van der Waals surface area contributed by atoms with E-state index < -0.39 is 6.04 Å². The number of ether oxygens (including phenoxy) is 2. The number of methoxy groups -OCH3 is 2.